The summed E-state index contributed by atoms with van der Waals surface area (Å²) in [4.78, 5) is 23.7. The van der Waals surface area contributed by atoms with E-state index in [-0.39, 0.29) is 19.0 Å². The molecule has 132 valence electrons. The van der Waals surface area contributed by atoms with Gasteiger partial charge in [-0.2, -0.15) is 0 Å². The summed E-state index contributed by atoms with van der Waals surface area (Å²) >= 11 is 0. The first kappa shape index (κ1) is 18.3. The topological polar surface area (TPSA) is 87.7 Å². The van der Waals surface area contributed by atoms with Gasteiger partial charge in [-0.05, 0) is 24.8 Å². The van der Waals surface area contributed by atoms with Crippen molar-refractivity contribution in [3.8, 4) is 5.75 Å². The lowest BCUT2D eigenvalue weighted by Crippen LogP contribution is -2.44. The highest BCUT2D eigenvalue weighted by molar-refractivity contribution is 6.35. The zero-order valence-corrected chi connectivity index (χ0v) is 14.1. The van der Waals surface area contributed by atoms with E-state index < -0.39 is 17.9 Å². The van der Waals surface area contributed by atoms with Crippen molar-refractivity contribution in [1.82, 2.24) is 10.6 Å². The smallest absolute Gasteiger partial charge is 0.309 e. The summed E-state index contributed by atoms with van der Waals surface area (Å²) in [5, 5.41) is 15.2. The monoisotopic (exact) mass is 334 g/mol. The predicted molar refractivity (Wildman–Crippen MR) is 90.4 cm³/mol. The molecule has 0 radical (unpaired) electrons. The highest BCUT2D eigenvalue weighted by Gasteiger charge is 2.23. The molecule has 0 aliphatic heterocycles. The molecule has 0 saturated heterocycles. The fourth-order valence-electron chi connectivity index (χ4n) is 3.07. The first-order valence-electron chi connectivity index (χ1n) is 8.47. The molecule has 1 saturated carbocycles. The number of aliphatic hydroxyl groups excluding tert-OH is 1. The Balaban J connectivity index is 1.74. The Morgan fingerprint density at radius 2 is 1.83 bits per heavy atom. The molecular formula is C18H26N2O4. The zero-order valence-electron chi connectivity index (χ0n) is 14.1. The van der Waals surface area contributed by atoms with Crippen LogP contribution in [0.25, 0.3) is 0 Å². The second-order valence-corrected chi connectivity index (χ2v) is 6.17. The number of aliphatic hydroxyl groups is 1. The van der Waals surface area contributed by atoms with Crippen LogP contribution >= 0.6 is 0 Å². The Kier molecular flexibility index (Phi) is 7.06. The molecule has 0 aromatic heterocycles. The van der Waals surface area contributed by atoms with E-state index in [4.69, 9.17) is 4.74 Å². The van der Waals surface area contributed by atoms with Crippen molar-refractivity contribution >= 4 is 11.8 Å². The quantitative estimate of drug-likeness (QED) is 0.686. The lowest BCUT2D eigenvalue weighted by atomic mass is 9.85. The van der Waals surface area contributed by atoms with Crippen LogP contribution in [0.4, 0.5) is 0 Å². The number of hydrogen-bond acceptors (Lipinski definition) is 4. The molecule has 0 bridgehead atoms. The van der Waals surface area contributed by atoms with Gasteiger partial charge in [-0.15, -0.1) is 0 Å². The van der Waals surface area contributed by atoms with Crippen LogP contribution in [0.3, 0.4) is 0 Å². The maximum absolute atomic E-state index is 11.9. The molecule has 1 atom stereocenters. The van der Waals surface area contributed by atoms with Crippen LogP contribution in [0.1, 0.15) is 37.7 Å². The highest BCUT2D eigenvalue weighted by atomic mass is 16.5. The van der Waals surface area contributed by atoms with E-state index in [0.29, 0.717) is 5.75 Å². The van der Waals surface area contributed by atoms with Gasteiger partial charge in [0, 0.05) is 18.7 Å². The molecule has 1 fully saturated rings. The van der Waals surface area contributed by atoms with Crippen molar-refractivity contribution in [2.75, 3.05) is 13.7 Å². The summed E-state index contributed by atoms with van der Waals surface area (Å²) in [5.74, 6) is -0.557. The summed E-state index contributed by atoms with van der Waals surface area (Å²) in [7, 11) is 1.56. The van der Waals surface area contributed by atoms with Gasteiger partial charge >= 0.3 is 11.8 Å². The number of nitrogens with one attached hydrogen (secondary N) is 2. The molecule has 1 aromatic rings. The van der Waals surface area contributed by atoms with Crippen LogP contribution in [0, 0.1) is 5.92 Å². The summed E-state index contributed by atoms with van der Waals surface area (Å²) in [5.41, 5.74) is 0.795. The Morgan fingerprint density at radius 1 is 1.17 bits per heavy atom. The minimum Gasteiger partial charge on any atom is -0.496 e. The van der Waals surface area contributed by atoms with Gasteiger partial charge in [-0.25, -0.2) is 0 Å². The first-order valence-corrected chi connectivity index (χ1v) is 8.47. The van der Waals surface area contributed by atoms with Crippen molar-refractivity contribution in [2.45, 2.75) is 44.8 Å². The lowest BCUT2D eigenvalue weighted by Gasteiger charge is -2.26. The van der Waals surface area contributed by atoms with Crippen LogP contribution in [-0.2, 0) is 16.1 Å². The third-order valence-corrected chi connectivity index (χ3v) is 4.50. The molecule has 0 heterocycles. The molecule has 6 heteroatoms. The molecular weight excluding hydrogens is 308 g/mol. The summed E-state index contributed by atoms with van der Waals surface area (Å²) in [6.07, 6.45) is 4.83. The maximum Gasteiger partial charge on any atom is 0.309 e. The molecule has 6 nitrogen and oxygen atoms in total. The molecule has 1 aliphatic rings. The minimum atomic E-state index is -0.722. The van der Waals surface area contributed by atoms with Gasteiger partial charge in [-0.1, -0.05) is 37.5 Å². The number of carbonyl (C=O) groups is 2. The van der Waals surface area contributed by atoms with Gasteiger partial charge in [-0.3, -0.25) is 9.59 Å². The number of benzene rings is 1. The maximum atomic E-state index is 11.9. The average molecular weight is 334 g/mol. The summed E-state index contributed by atoms with van der Waals surface area (Å²) in [6, 6.07) is 7.29. The third kappa shape index (κ3) is 5.23. The normalized spacial score (nSPS) is 16.2. The van der Waals surface area contributed by atoms with Crippen molar-refractivity contribution in [2.24, 2.45) is 5.92 Å². The number of ether oxygens (including phenoxy) is 1. The van der Waals surface area contributed by atoms with Crippen LogP contribution in [0.15, 0.2) is 24.3 Å². The van der Waals surface area contributed by atoms with Gasteiger partial charge in [0.1, 0.15) is 5.75 Å². The largest absolute Gasteiger partial charge is 0.496 e. The van der Waals surface area contributed by atoms with E-state index in [0.717, 1.165) is 31.2 Å². The number of hydrogen-bond donors (Lipinski definition) is 3. The van der Waals surface area contributed by atoms with Gasteiger partial charge in [0.2, 0.25) is 0 Å². The van der Waals surface area contributed by atoms with Gasteiger partial charge in [0.25, 0.3) is 0 Å². The molecule has 2 amide bonds. The molecule has 2 rings (SSSR count). The SMILES string of the molecule is COc1ccccc1CNC(=O)C(=O)NC[C@@H](O)C1CCCCC1. The van der Waals surface area contributed by atoms with E-state index in [2.05, 4.69) is 10.6 Å². The van der Waals surface area contributed by atoms with Crippen molar-refractivity contribution in [1.29, 1.82) is 0 Å². The second-order valence-electron chi connectivity index (χ2n) is 6.17. The van der Waals surface area contributed by atoms with E-state index in [1.807, 2.05) is 18.2 Å². The molecule has 0 spiro atoms. The van der Waals surface area contributed by atoms with E-state index in [1.165, 1.54) is 6.42 Å². The Bertz CT molecular complexity index is 556. The fraction of sp³-hybridized carbons (Fsp3) is 0.556. The average Bonchev–Trinajstić information content (AvgIpc) is 2.64. The minimum absolute atomic E-state index is 0.117. The van der Waals surface area contributed by atoms with Gasteiger partial charge in [0.15, 0.2) is 0 Å². The second kappa shape index (κ2) is 9.27. The Hall–Kier alpha value is -2.08. The zero-order chi connectivity index (χ0) is 17.4. The van der Waals surface area contributed by atoms with Crippen LogP contribution in [0.5, 0.6) is 5.75 Å². The standard InChI is InChI=1S/C18H26N2O4/c1-24-16-10-6-5-9-14(16)11-19-17(22)18(23)20-12-15(21)13-7-3-2-4-8-13/h5-6,9-10,13,15,21H,2-4,7-8,11-12H2,1H3,(H,19,22)(H,20,23)/t15-/m1/s1. The number of methoxy groups -OCH3 is 1. The highest BCUT2D eigenvalue weighted by Crippen LogP contribution is 2.26. The molecule has 24 heavy (non-hydrogen) atoms. The van der Waals surface area contributed by atoms with Gasteiger partial charge in [0.05, 0.1) is 13.2 Å². The van der Waals surface area contributed by atoms with Crippen molar-refractivity contribution < 1.29 is 19.4 Å². The Morgan fingerprint density at radius 3 is 2.54 bits per heavy atom. The van der Waals surface area contributed by atoms with Crippen molar-refractivity contribution in [3.63, 3.8) is 0 Å². The summed E-state index contributed by atoms with van der Waals surface area (Å²) < 4.78 is 5.20. The van der Waals surface area contributed by atoms with E-state index in [9.17, 15) is 14.7 Å². The number of carbonyl (C=O) groups excluding carboxylic acids is 2. The summed E-state index contributed by atoms with van der Waals surface area (Å²) in [6.45, 7) is 0.326. The van der Waals surface area contributed by atoms with Crippen LogP contribution in [-0.4, -0.2) is 36.7 Å². The number of amides is 2. The first-order chi connectivity index (χ1) is 11.6. The Labute approximate surface area is 142 Å². The third-order valence-electron chi connectivity index (χ3n) is 4.50. The number of rotatable bonds is 6. The van der Waals surface area contributed by atoms with E-state index in [1.54, 1.807) is 13.2 Å². The van der Waals surface area contributed by atoms with E-state index >= 15 is 0 Å². The number of para-hydroxylation sites is 1. The predicted octanol–water partition coefficient (Wildman–Crippen LogP) is 1.37. The molecule has 3 N–H and O–H groups in total. The van der Waals surface area contributed by atoms with Crippen LogP contribution < -0.4 is 15.4 Å². The van der Waals surface area contributed by atoms with Crippen molar-refractivity contribution in [3.05, 3.63) is 29.8 Å². The van der Waals surface area contributed by atoms with Crippen LogP contribution in [0.2, 0.25) is 0 Å². The fourth-order valence-corrected chi connectivity index (χ4v) is 3.07. The molecule has 1 aromatic carbocycles. The van der Waals surface area contributed by atoms with Gasteiger partial charge < -0.3 is 20.5 Å². The molecule has 1 aliphatic carbocycles. The lowest BCUT2D eigenvalue weighted by molar-refractivity contribution is -0.139. The molecule has 0 unspecified atom stereocenters.